The minimum atomic E-state index is -4.64. The molecule has 0 heterocycles. The normalized spacial score (nSPS) is 14.4. The fourth-order valence-corrected chi connectivity index (χ4v) is 5.94. The van der Waals surface area contributed by atoms with Gasteiger partial charge in [-0.15, -0.1) is 0 Å². The zero-order valence-corrected chi connectivity index (χ0v) is 36.2. The molecular weight excluding hydrogens is 713 g/mol. The van der Waals surface area contributed by atoms with Crippen LogP contribution in [-0.4, -0.2) is 70.0 Å². The molecular formula is C45H78NO8P. The van der Waals surface area contributed by atoms with Gasteiger partial charge in [0.2, 0.25) is 0 Å². The third kappa shape index (κ3) is 40.9. The Balaban J connectivity index is 4.53. The Kier molecular flexibility index (Phi) is 35.3. The first kappa shape index (κ1) is 52.5. The highest BCUT2D eigenvalue weighted by Crippen LogP contribution is 2.38. The zero-order valence-electron chi connectivity index (χ0n) is 35.3. The second-order valence-electron chi connectivity index (χ2n) is 15.0. The molecule has 0 saturated heterocycles. The van der Waals surface area contributed by atoms with Crippen LogP contribution in [0, 0.1) is 0 Å². The molecule has 10 heteroatoms. The lowest BCUT2D eigenvalue weighted by Crippen LogP contribution is -2.37. The van der Waals surface area contributed by atoms with Crippen molar-refractivity contribution in [3.05, 3.63) is 72.9 Å². The van der Waals surface area contributed by atoms with Crippen LogP contribution in [0.1, 0.15) is 149 Å². The second-order valence-corrected chi connectivity index (χ2v) is 16.4. The molecule has 0 radical (unpaired) electrons. The fourth-order valence-electron chi connectivity index (χ4n) is 5.21. The van der Waals surface area contributed by atoms with Gasteiger partial charge in [0.05, 0.1) is 27.7 Å². The number of rotatable bonds is 37. The number of hydrogen-bond donors (Lipinski definition) is 0. The lowest BCUT2D eigenvalue weighted by molar-refractivity contribution is -0.870. The van der Waals surface area contributed by atoms with E-state index in [1.807, 2.05) is 33.3 Å². The summed E-state index contributed by atoms with van der Waals surface area (Å²) in [5.74, 6) is -0.938. The van der Waals surface area contributed by atoms with Crippen molar-refractivity contribution < 1.29 is 42.1 Å². The summed E-state index contributed by atoms with van der Waals surface area (Å²) >= 11 is 0. The van der Waals surface area contributed by atoms with Gasteiger partial charge < -0.3 is 27.9 Å². The van der Waals surface area contributed by atoms with E-state index in [1.165, 1.54) is 57.8 Å². The maximum Gasteiger partial charge on any atom is 0.306 e. The number of nitrogens with zero attached hydrogens (tertiary/aromatic N) is 1. The van der Waals surface area contributed by atoms with Crippen LogP contribution in [-0.2, 0) is 32.7 Å². The van der Waals surface area contributed by atoms with Crippen molar-refractivity contribution in [2.24, 2.45) is 0 Å². The highest BCUT2D eigenvalue weighted by atomic mass is 31.2. The van der Waals surface area contributed by atoms with E-state index in [2.05, 4.69) is 74.6 Å². The molecule has 0 spiro atoms. The van der Waals surface area contributed by atoms with E-state index in [0.717, 1.165) is 57.8 Å². The number of ether oxygens (including phenoxy) is 2. The van der Waals surface area contributed by atoms with Crippen molar-refractivity contribution in [2.75, 3.05) is 47.5 Å². The third-order valence-electron chi connectivity index (χ3n) is 8.50. The Bertz CT molecular complexity index is 1170. The Hall–Kier alpha value is -2.55. The van der Waals surface area contributed by atoms with Crippen LogP contribution < -0.4 is 4.89 Å². The molecule has 0 aliphatic heterocycles. The summed E-state index contributed by atoms with van der Waals surface area (Å²) in [7, 11) is 1.11. The molecule has 9 nitrogen and oxygen atoms in total. The first-order chi connectivity index (χ1) is 26.5. The molecule has 0 fully saturated rings. The average molecular weight is 792 g/mol. The first-order valence-corrected chi connectivity index (χ1v) is 22.6. The number of phosphoric ester groups is 1. The van der Waals surface area contributed by atoms with Crippen molar-refractivity contribution >= 4 is 19.8 Å². The van der Waals surface area contributed by atoms with E-state index < -0.39 is 32.5 Å². The molecule has 0 bridgehead atoms. The number of quaternary nitrogens is 1. The summed E-state index contributed by atoms with van der Waals surface area (Å²) in [5, 5.41) is 0. The standard InChI is InChI=1S/C45H78NO8P/c1-6-8-10-12-14-16-18-20-21-22-23-24-25-26-28-30-32-34-36-38-45(48)54-43(42-53-55(49,50)52-40-39-46(3,4)5)41-51-44(47)37-35-33-31-29-27-19-17-15-13-11-9-7-2/h8,10,14,16,20-21,23-24,26,28,32,34,43H,6-7,9,11-13,15,17-19,22,25,27,29-31,33,35-42H2,1-5H3/b10-8-,16-14-,21-20-,24-23-,28-26-,34-32-/t43-/m1/s1. The van der Waals surface area contributed by atoms with Crippen molar-refractivity contribution in [1.82, 2.24) is 0 Å². The van der Waals surface area contributed by atoms with Gasteiger partial charge in [-0.2, -0.15) is 0 Å². The fraction of sp³-hybridized carbons (Fsp3) is 0.689. The van der Waals surface area contributed by atoms with Crippen LogP contribution >= 0.6 is 7.82 Å². The van der Waals surface area contributed by atoms with E-state index in [9.17, 15) is 19.0 Å². The van der Waals surface area contributed by atoms with E-state index in [0.29, 0.717) is 17.4 Å². The number of carbonyl (C=O) groups excluding carboxylic acids is 2. The molecule has 0 amide bonds. The van der Waals surface area contributed by atoms with Gasteiger partial charge in [-0.25, -0.2) is 0 Å². The number of phosphoric acid groups is 1. The van der Waals surface area contributed by atoms with Crippen LogP contribution in [0.5, 0.6) is 0 Å². The van der Waals surface area contributed by atoms with Gasteiger partial charge in [-0.1, -0.05) is 157 Å². The summed E-state index contributed by atoms with van der Waals surface area (Å²) in [6.45, 7) is 4.00. The monoisotopic (exact) mass is 792 g/mol. The first-order valence-electron chi connectivity index (χ1n) is 21.1. The zero-order chi connectivity index (χ0) is 40.7. The van der Waals surface area contributed by atoms with Gasteiger partial charge in [0.15, 0.2) is 6.10 Å². The summed E-state index contributed by atoms with van der Waals surface area (Å²) in [5.41, 5.74) is 0. The Morgan fingerprint density at radius 2 is 1.04 bits per heavy atom. The summed E-state index contributed by atoms with van der Waals surface area (Å²) in [4.78, 5) is 37.4. The molecule has 0 aromatic carbocycles. The molecule has 0 rings (SSSR count). The van der Waals surface area contributed by atoms with Crippen LogP contribution in [0.4, 0.5) is 0 Å². The molecule has 0 aliphatic rings. The van der Waals surface area contributed by atoms with Gasteiger partial charge in [0.25, 0.3) is 7.82 Å². The molecule has 2 atom stereocenters. The van der Waals surface area contributed by atoms with Crippen LogP contribution in [0.25, 0.3) is 0 Å². The quantitative estimate of drug-likeness (QED) is 0.0201. The predicted molar refractivity (Wildman–Crippen MR) is 226 cm³/mol. The number of esters is 2. The average Bonchev–Trinajstić information content (AvgIpc) is 3.13. The van der Waals surface area contributed by atoms with Crippen LogP contribution in [0.3, 0.4) is 0 Å². The van der Waals surface area contributed by atoms with E-state index in [4.69, 9.17) is 18.5 Å². The minimum absolute atomic E-state index is 0.0469. The molecule has 55 heavy (non-hydrogen) atoms. The largest absolute Gasteiger partial charge is 0.756 e. The number of unbranched alkanes of at least 4 members (excludes halogenated alkanes) is 11. The van der Waals surface area contributed by atoms with Gasteiger partial charge in [0, 0.05) is 12.8 Å². The summed E-state index contributed by atoms with van der Waals surface area (Å²) in [6.07, 6.45) is 45.2. The number of likely N-dealkylation sites (N-methyl/N-ethyl adjacent to an activating group) is 1. The van der Waals surface area contributed by atoms with Crippen LogP contribution in [0.15, 0.2) is 72.9 Å². The lowest BCUT2D eigenvalue weighted by atomic mass is 10.0. The van der Waals surface area contributed by atoms with Gasteiger partial charge in [-0.05, 0) is 51.4 Å². The van der Waals surface area contributed by atoms with E-state index in [-0.39, 0.29) is 26.1 Å². The van der Waals surface area contributed by atoms with Crippen molar-refractivity contribution in [3.8, 4) is 0 Å². The molecule has 1 unspecified atom stereocenters. The number of hydrogen-bond acceptors (Lipinski definition) is 8. The topological polar surface area (TPSA) is 111 Å². The third-order valence-corrected chi connectivity index (χ3v) is 9.47. The Labute approximate surface area is 336 Å². The molecule has 0 aromatic rings. The van der Waals surface area contributed by atoms with Crippen molar-refractivity contribution in [1.29, 1.82) is 0 Å². The number of carbonyl (C=O) groups is 2. The van der Waals surface area contributed by atoms with Gasteiger partial charge in [-0.3, -0.25) is 14.2 Å². The second kappa shape index (κ2) is 37.1. The van der Waals surface area contributed by atoms with Crippen LogP contribution in [0.2, 0.25) is 0 Å². The number of allylic oxidation sites excluding steroid dienone is 12. The summed E-state index contributed by atoms with van der Waals surface area (Å²) in [6, 6.07) is 0. The highest BCUT2D eigenvalue weighted by molar-refractivity contribution is 7.45. The van der Waals surface area contributed by atoms with E-state index >= 15 is 0 Å². The highest BCUT2D eigenvalue weighted by Gasteiger charge is 2.21. The summed E-state index contributed by atoms with van der Waals surface area (Å²) < 4.78 is 33.7. The molecule has 0 N–H and O–H groups in total. The van der Waals surface area contributed by atoms with Gasteiger partial charge >= 0.3 is 11.9 Å². The molecule has 0 aromatic heterocycles. The lowest BCUT2D eigenvalue weighted by Gasteiger charge is -2.28. The van der Waals surface area contributed by atoms with Crippen molar-refractivity contribution in [2.45, 2.75) is 155 Å². The maximum atomic E-state index is 12.6. The minimum Gasteiger partial charge on any atom is -0.756 e. The smallest absolute Gasteiger partial charge is 0.306 e. The SMILES string of the molecule is CC/C=C\C/C=C\C/C=C\C/C=C\C/C=C\C/C=C\CCC(=O)O[C@H](COC(=O)CCCCCCCCCCCCCC)COP(=O)([O-])OCC[N+](C)(C)C. The molecule has 0 saturated carbocycles. The van der Waals surface area contributed by atoms with Crippen molar-refractivity contribution in [3.63, 3.8) is 0 Å². The Morgan fingerprint density at radius 3 is 1.51 bits per heavy atom. The Morgan fingerprint density at radius 1 is 0.582 bits per heavy atom. The maximum absolute atomic E-state index is 12.6. The molecule has 316 valence electrons. The van der Waals surface area contributed by atoms with E-state index in [1.54, 1.807) is 0 Å². The predicted octanol–water partition coefficient (Wildman–Crippen LogP) is 11.2. The van der Waals surface area contributed by atoms with Gasteiger partial charge in [0.1, 0.15) is 19.8 Å². The molecule has 0 aliphatic carbocycles.